The Hall–Kier alpha value is -2.92. The lowest BCUT2D eigenvalue weighted by Gasteiger charge is -2.30. The van der Waals surface area contributed by atoms with E-state index < -0.39 is 6.04 Å². The van der Waals surface area contributed by atoms with E-state index in [1.54, 1.807) is 43.3 Å². The van der Waals surface area contributed by atoms with E-state index in [0.717, 1.165) is 21.6 Å². The lowest BCUT2D eigenvalue weighted by molar-refractivity contribution is -0.117. The molecular formula is C23H29BrN6O3S. The summed E-state index contributed by atoms with van der Waals surface area (Å²) in [4.78, 5) is 33.0. The number of aromatic nitrogens is 3. The number of thiophene rings is 1. The quantitative estimate of drug-likeness (QED) is 0.478. The number of ether oxygens (including phenoxy) is 1. The van der Waals surface area contributed by atoms with Crippen molar-refractivity contribution < 1.29 is 14.3 Å². The number of rotatable bonds is 6. The van der Waals surface area contributed by atoms with Crippen LogP contribution in [0.5, 0.6) is 5.88 Å². The molecule has 4 heterocycles. The number of nitrogens with one attached hydrogen (secondary N) is 2. The summed E-state index contributed by atoms with van der Waals surface area (Å²) in [6.45, 7) is 7.83. The van der Waals surface area contributed by atoms with Crippen LogP contribution < -0.4 is 20.3 Å². The van der Waals surface area contributed by atoms with Crippen LogP contribution in [0.4, 0.5) is 11.4 Å². The number of hydrogen-bond acceptors (Lipinski definition) is 7. The SMILES string of the molecule is CC(NC(=O)c1ccc(CN2CCOc3ncc(Br)cc32)s1)C(=O)Nc1cnn(C)c1.CCC. The van der Waals surface area contributed by atoms with Crippen LogP contribution in [0.2, 0.25) is 0 Å². The van der Waals surface area contributed by atoms with Gasteiger partial charge in [0, 0.05) is 28.8 Å². The monoisotopic (exact) mass is 548 g/mol. The van der Waals surface area contributed by atoms with Crippen molar-refractivity contribution in [1.29, 1.82) is 0 Å². The lowest BCUT2D eigenvalue weighted by atomic mass is 10.3. The minimum absolute atomic E-state index is 0.281. The Morgan fingerprint density at radius 1 is 1.29 bits per heavy atom. The van der Waals surface area contributed by atoms with Crippen molar-refractivity contribution >= 4 is 50.5 Å². The fourth-order valence-corrected chi connectivity index (χ4v) is 4.38. The summed E-state index contributed by atoms with van der Waals surface area (Å²) in [5, 5.41) is 9.48. The summed E-state index contributed by atoms with van der Waals surface area (Å²) in [7, 11) is 1.76. The average molecular weight is 549 g/mol. The van der Waals surface area contributed by atoms with Gasteiger partial charge >= 0.3 is 0 Å². The third-order valence-corrected chi connectivity index (χ3v) is 6.19. The smallest absolute Gasteiger partial charge is 0.261 e. The van der Waals surface area contributed by atoms with Crippen LogP contribution in [0, 0.1) is 0 Å². The number of pyridine rings is 1. The van der Waals surface area contributed by atoms with Crippen molar-refractivity contribution in [3.63, 3.8) is 0 Å². The summed E-state index contributed by atoms with van der Waals surface area (Å²) in [6.07, 6.45) is 6.20. The third kappa shape index (κ3) is 6.80. The van der Waals surface area contributed by atoms with Gasteiger partial charge in [0.2, 0.25) is 11.8 Å². The van der Waals surface area contributed by atoms with Gasteiger partial charge in [0.15, 0.2) is 0 Å². The fourth-order valence-electron chi connectivity index (χ4n) is 3.13. The number of carbonyl (C=O) groups is 2. The van der Waals surface area contributed by atoms with Crippen LogP contribution in [0.15, 0.2) is 41.3 Å². The zero-order valence-electron chi connectivity index (χ0n) is 19.7. The highest BCUT2D eigenvalue weighted by atomic mass is 79.9. The number of fused-ring (bicyclic) bond motifs is 1. The first kappa shape index (κ1) is 25.7. The zero-order valence-corrected chi connectivity index (χ0v) is 22.1. The summed E-state index contributed by atoms with van der Waals surface area (Å²) < 4.78 is 8.09. The molecule has 0 spiro atoms. The Morgan fingerprint density at radius 3 is 2.76 bits per heavy atom. The lowest BCUT2D eigenvalue weighted by Crippen LogP contribution is -2.41. The van der Waals surface area contributed by atoms with Crippen molar-refractivity contribution in [2.45, 2.75) is 39.8 Å². The molecule has 1 aliphatic heterocycles. The number of halogens is 1. The van der Waals surface area contributed by atoms with E-state index in [2.05, 4.69) is 55.4 Å². The Bertz CT molecular complexity index is 1130. The Balaban J connectivity index is 0.00000103. The first-order valence-corrected chi connectivity index (χ1v) is 12.6. The number of amides is 2. The normalized spacial score (nSPS) is 13.1. The van der Waals surface area contributed by atoms with Gasteiger partial charge in [0.05, 0.1) is 29.9 Å². The van der Waals surface area contributed by atoms with Crippen LogP contribution in [0.25, 0.3) is 0 Å². The van der Waals surface area contributed by atoms with Gasteiger partial charge in [-0.15, -0.1) is 11.3 Å². The Morgan fingerprint density at radius 2 is 2.06 bits per heavy atom. The van der Waals surface area contributed by atoms with Gasteiger partial charge in [0.25, 0.3) is 5.91 Å². The molecule has 9 nitrogen and oxygen atoms in total. The molecule has 0 aliphatic carbocycles. The molecule has 182 valence electrons. The number of carbonyl (C=O) groups excluding carboxylic acids is 2. The second-order valence-electron chi connectivity index (χ2n) is 7.81. The molecule has 3 aromatic heterocycles. The molecular weight excluding hydrogens is 520 g/mol. The van der Waals surface area contributed by atoms with Gasteiger partial charge in [-0.2, -0.15) is 5.10 Å². The third-order valence-electron chi connectivity index (χ3n) is 4.68. The second kappa shape index (κ2) is 12.0. The molecule has 1 aliphatic rings. The van der Waals surface area contributed by atoms with Gasteiger partial charge in [-0.25, -0.2) is 4.98 Å². The standard InChI is InChI=1S/C20H21BrN6O3S.C3H8/c1-12(18(28)25-14-9-23-26(2)10-14)24-19(29)17-4-3-15(31-17)11-27-5-6-30-20-16(27)7-13(21)8-22-20;1-3-2/h3-4,7-10,12H,5-6,11H2,1-2H3,(H,24,29)(H,25,28);3H2,1-2H3. The summed E-state index contributed by atoms with van der Waals surface area (Å²) in [5.74, 6) is 0.0235. The molecule has 4 rings (SSSR count). The minimum atomic E-state index is -0.687. The van der Waals surface area contributed by atoms with Crippen molar-refractivity contribution in [3.05, 3.63) is 51.0 Å². The number of aryl methyl sites for hydroxylation is 1. The molecule has 1 unspecified atom stereocenters. The highest BCUT2D eigenvalue weighted by Crippen LogP contribution is 2.33. The van der Waals surface area contributed by atoms with Crippen molar-refractivity contribution in [2.24, 2.45) is 7.05 Å². The molecule has 11 heteroatoms. The first-order valence-electron chi connectivity index (χ1n) is 11.0. The number of anilines is 2. The van der Waals surface area contributed by atoms with Crippen molar-refractivity contribution in [2.75, 3.05) is 23.4 Å². The maximum absolute atomic E-state index is 12.6. The number of hydrogen-bond donors (Lipinski definition) is 2. The average Bonchev–Trinajstić information content (AvgIpc) is 3.43. The Kier molecular flexibility index (Phi) is 9.05. The zero-order chi connectivity index (χ0) is 24.7. The highest BCUT2D eigenvalue weighted by molar-refractivity contribution is 9.10. The highest BCUT2D eigenvalue weighted by Gasteiger charge is 2.22. The van der Waals surface area contributed by atoms with Crippen LogP contribution in [-0.2, 0) is 18.4 Å². The van der Waals surface area contributed by atoms with Gasteiger partial charge in [-0.05, 0) is 41.1 Å². The summed E-state index contributed by atoms with van der Waals surface area (Å²) in [6, 6.07) is 5.00. The molecule has 2 N–H and O–H groups in total. The van der Waals surface area contributed by atoms with Gasteiger partial charge in [0.1, 0.15) is 18.3 Å². The van der Waals surface area contributed by atoms with Gasteiger partial charge < -0.3 is 20.3 Å². The molecule has 0 saturated carbocycles. The van der Waals surface area contributed by atoms with Gasteiger partial charge in [-0.1, -0.05) is 20.3 Å². The molecule has 0 radical (unpaired) electrons. The molecule has 0 aromatic carbocycles. The van der Waals surface area contributed by atoms with Crippen molar-refractivity contribution in [3.8, 4) is 5.88 Å². The van der Waals surface area contributed by atoms with E-state index in [9.17, 15) is 9.59 Å². The number of nitrogens with zero attached hydrogens (tertiary/aromatic N) is 4. The predicted octanol–water partition coefficient (Wildman–Crippen LogP) is 4.21. The van der Waals surface area contributed by atoms with Crippen LogP contribution in [-0.4, -0.2) is 45.8 Å². The van der Waals surface area contributed by atoms with E-state index in [4.69, 9.17) is 4.74 Å². The minimum Gasteiger partial charge on any atom is -0.474 e. The van der Waals surface area contributed by atoms with E-state index in [1.807, 2.05) is 12.1 Å². The van der Waals surface area contributed by atoms with Crippen LogP contribution >= 0.6 is 27.3 Å². The van der Waals surface area contributed by atoms with E-state index in [-0.39, 0.29) is 11.8 Å². The topological polar surface area (TPSA) is 101 Å². The molecule has 0 bridgehead atoms. The van der Waals surface area contributed by atoms with E-state index >= 15 is 0 Å². The Labute approximate surface area is 211 Å². The van der Waals surface area contributed by atoms with E-state index in [0.29, 0.717) is 29.6 Å². The molecule has 2 amide bonds. The summed E-state index contributed by atoms with van der Waals surface area (Å²) in [5.41, 5.74) is 1.50. The first-order chi connectivity index (χ1) is 16.3. The van der Waals surface area contributed by atoms with Gasteiger partial charge in [-0.3, -0.25) is 14.3 Å². The van der Waals surface area contributed by atoms with Crippen molar-refractivity contribution in [1.82, 2.24) is 20.1 Å². The molecule has 0 fully saturated rings. The maximum atomic E-state index is 12.6. The molecule has 0 saturated heterocycles. The summed E-state index contributed by atoms with van der Waals surface area (Å²) >= 11 is 4.85. The predicted molar refractivity (Wildman–Crippen MR) is 138 cm³/mol. The largest absolute Gasteiger partial charge is 0.474 e. The van der Waals surface area contributed by atoms with Crippen LogP contribution in [0.1, 0.15) is 41.7 Å². The fraction of sp³-hybridized carbons (Fsp3) is 0.391. The van der Waals surface area contributed by atoms with Crippen LogP contribution in [0.3, 0.4) is 0 Å². The van der Waals surface area contributed by atoms with E-state index in [1.165, 1.54) is 17.8 Å². The second-order valence-corrected chi connectivity index (χ2v) is 9.89. The molecule has 1 atom stereocenters. The molecule has 3 aromatic rings. The maximum Gasteiger partial charge on any atom is 0.261 e. The molecule has 34 heavy (non-hydrogen) atoms.